The van der Waals surface area contributed by atoms with E-state index in [2.05, 4.69) is 10.1 Å². The molecule has 5 heteroatoms. The van der Waals surface area contributed by atoms with Crippen molar-refractivity contribution in [3.63, 3.8) is 0 Å². The highest BCUT2D eigenvalue weighted by Gasteiger charge is 2.23. The van der Waals surface area contributed by atoms with Crippen molar-refractivity contribution >= 4 is 17.1 Å². The van der Waals surface area contributed by atoms with E-state index in [-0.39, 0.29) is 11.0 Å². The smallest absolute Gasteiger partial charge is 0.337 e. The molecule has 1 N–H and O–H groups in total. The third-order valence-corrected chi connectivity index (χ3v) is 2.29. The number of pyridine rings is 1. The summed E-state index contributed by atoms with van der Waals surface area (Å²) in [6, 6.07) is 1.54. The van der Waals surface area contributed by atoms with Crippen LogP contribution in [-0.2, 0) is 5.41 Å². The summed E-state index contributed by atoms with van der Waals surface area (Å²) >= 11 is 0. The lowest BCUT2D eigenvalue weighted by atomic mass is 9.90. The normalized spacial score (nSPS) is 11.9. The standard InChI is InChI=1S/C11H12N2O3/c1-11(2,3)8-7-4-6(10(14)15)5-12-9(7)16-13-8/h4-5H,1-3H3,(H,14,15). The number of fused-ring (bicyclic) bond motifs is 1. The molecule has 0 saturated heterocycles. The monoisotopic (exact) mass is 220 g/mol. The van der Waals surface area contributed by atoms with E-state index in [1.165, 1.54) is 6.20 Å². The van der Waals surface area contributed by atoms with Crippen molar-refractivity contribution in [2.45, 2.75) is 26.2 Å². The second-order valence-corrected chi connectivity index (χ2v) is 4.66. The summed E-state index contributed by atoms with van der Waals surface area (Å²) in [5.41, 5.74) is 1.03. The lowest BCUT2D eigenvalue weighted by molar-refractivity contribution is 0.0696. The molecule has 2 aromatic rings. The molecule has 0 fully saturated rings. The highest BCUT2D eigenvalue weighted by atomic mass is 16.5. The van der Waals surface area contributed by atoms with Gasteiger partial charge in [0.25, 0.3) is 5.71 Å². The first-order valence-electron chi connectivity index (χ1n) is 4.89. The van der Waals surface area contributed by atoms with Gasteiger partial charge in [-0.05, 0) is 6.07 Å². The van der Waals surface area contributed by atoms with Crippen molar-refractivity contribution in [1.29, 1.82) is 0 Å². The average molecular weight is 220 g/mol. The molecular formula is C11H12N2O3. The molecule has 0 aromatic carbocycles. The van der Waals surface area contributed by atoms with Gasteiger partial charge in [0.2, 0.25) is 0 Å². The Morgan fingerprint density at radius 3 is 2.69 bits per heavy atom. The Morgan fingerprint density at radius 2 is 2.12 bits per heavy atom. The molecule has 0 amide bonds. The van der Waals surface area contributed by atoms with Crippen LogP contribution in [0.1, 0.15) is 36.8 Å². The first kappa shape index (κ1) is 10.6. The summed E-state index contributed by atoms with van der Waals surface area (Å²) in [6.07, 6.45) is 1.27. The molecular weight excluding hydrogens is 208 g/mol. The van der Waals surface area contributed by atoms with Gasteiger partial charge < -0.3 is 9.63 Å². The van der Waals surface area contributed by atoms with Crippen LogP contribution in [0.5, 0.6) is 0 Å². The van der Waals surface area contributed by atoms with Gasteiger partial charge in [0, 0.05) is 11.6 Å². The molecule has 2 rings (SSSR count). The molecule has 84 valence electrons. The first-order valence-corrected chi connectivity index (χ1v) is 4.89. The van der Waals surface area contributed by atoms with Crippen LogP contribution >= 0.6 is 0 Å². The van der Waals surface area contributed by atoms with Crippen molar-refractivity contribution in [2.75, 3.05) is 0 Å². The van der Waals surface area contributed by atoms with Crippen molar-refractivity contribution in [2.24, 2.45) is 0 Å². The SMILES string of the molecule is CC(C)(C)c1noc2ncc(C(=O)O)cc12. The van der Waals surface area contributed by atoms with Crippen LogP contribution in [0.4, 0.5) is 0 Å². The number of aromatic carboxylic acids is 1. The Balaban J connectivity index is 2.70. The maximum Gasteiger partial charge on any atom is 0.337 e. The molecule has 2 aromatic heterocycles. The number of carboxylic acid groups (broad SMARTS) is 1. The molecule has 0 bridgehead atoms. The molecule has 0 atom stereocenters. The van der Waals surface area contributed by atoms with E-state index in [1.54, 1.807) is 6.07 Å². The summed E-state index contributed by atoms with van der Waals surface area (Å²) in [4.78, 5) is 14.8. The zero-order chi connectivity index (χ0) is 11.9. The molecule has 16 heavy (non-hydrogen) atoms. The minimum absolute atomic E-state index is 0.140. The van der Waals surface area contributed by atoms with E-state index in [0.29, 0.717) is 11.1 Å². The van der Waals surface area contributed by atoms with Crippen LogP contribution in [0.15, 0.2) is 16.8 Å². The van der Waals surface area contributed by atoms with Gasteiger partial charge in [-0.25, -0.2) is 9.78 Å². The van der Waals surface area contributed by atoms with Gasteiger partial charge in [0.1, 0.15) is 0 Å². The Bertz CT molecular complexity index is 552. The Labute approximate surface area is 92.1 Å². The van der Waals surface area contributed by atoms with Gasteiger partial charge >= 0.3 is 5.97 Å². The maximum atomic E-state index is 10.8. The van der Waals surface area contributed by atoms with E-state index in [0.717, 1.165) is 5.69 Å². The predicted molar refractivity (Wildman–Crippen MR) is 57.5 cm³/mol. The topological polar surface area (TPSA) is 76.2 Å². The number of nitrogens with zero attached hydrogens (tertiary/aromatic N) is 2. The number of carboxylic acids is 1. The van der Waals surface area contributed by atoms with E-state index in [9.17, 15) is 4.79 Å². The second-order valence-electron chi connectivity index (χ2n) is 4.66. The lowest BCUT2D eigenvalue weighted by Crippen LogP contribution is -2.12. The molecule has 0 radical (unpaired) electrons. The fraction of sp³-hybridized carbons (Fsp3) is 0.364. The number of rotatable bonds is 1. The van der Waals surface area contributed by atoms with Crippen molar-refractivity contribution in [3.8, 4) is 0 Å². The summed E-state index contributed by atoms with van der Waals surface area (Å²) in [5, 5.41) is 13.5. The minimum Gasteiger partial charge on any atom is -0.478 e. The Morgan fingerprint density at radius 1 is 1.44 bits per heavy atom. The van der Waals surface area contributed by atoms with Gasteiger partial charge in [-0.15, -0.1) is 0 Å². The highest BCUT2D eigenvalue weighted by Crippen LogP contribution is 2.28. The molecule has 0 aliphatic carbocycles. The summed E-state index contributed by atoms with van der Waals surface area (Å²) in [6.45, 7) is 5.95. The lowest BCUT2D eigenvalue weighted by Gasteiger charge is -2.14. The van der Waals surface area contributed by atoms with Crippen LogP contribution in [0.25, 0.3) is 11.1 Å². The molecule has 0 saturated carbocycles. The fourth-order valence-corrected chi connectivity index (χ4v) is 1.49. The quantitative estimate of drug-likeness (QED) is 0.797. The molecule has 0 aliphatic rings. The van der Waals surface area contributed by atoms with Crippen LogP contribution in [0.2, 0.25) is 0 Å². The summed E-state index contributed by atoms with van der Waals surface area (Å²) in [7, 11) is 0. The summed E-state index contributed by atoms with van der Waals surface area (Å²) < 4.78 is 5.06. The zero-order valence-corrected chi connectivity index (χ0v) is 9.31. The third kappa shape index (κ3) is 1.64. The number of carbonyl (C=O) groups is 1. The van der Waals surface area contributed by atoms with E-state index < -0.39 is 5.97 Å². The van der Waals surface area contributed by atoms with Gasteiger partial charge in [0.05, 0.1) is 16.6 Å². The van der Waals surface area contributed by atoms with E-state index in [4.69, 9.17) is 9.63 Å². The fourth-order valence-electron chi connectivity index (χ4n) is 1.49. The largest absolute Gasteiger partial charge is 0.478 e. The van der Waals surface area contributed by atoms with Crippen LogP contribution in [0, 0.1) is 0 Å². The van der Waals surface area contributed by atoms with Gasteiger partial charge in [-0.3, -0.25) is 0 Å². The Hall–Kier alpha value is -1.91. The first-order chi connectivity index (χ1) is 7.39. The van der Waals surface area contributed by atoms with Crippen molar-refractivity contribution in [1.82, 2.24) is 10.1 Å². The summed E-state index contributed by atoms with van der Waals surface area (Å²) in [5.74, 6) is -1.00. The van der Waals surface area contributed by atoms with Crippen molar-refractivity contribution in [3.05, 3.63) is 23.5 Å². The van der Waals surface area contributed by atoms with E-state index >= 15 is 0 Å². The zero-order valence-electron chi connectivity index (χ0n) is 9.31. The van der Waals surface area contributed by atoms with Crippen LogP contribution in [0.3, 0.4) is 0 Å². The molecule has 0 spiro atoms. The molecule has 2 heterocycles. The van der Waals surface area contributed by atoms with Gasteiger partial charge in [-0.2, -0.15) is 0 Å². The van der Waals surface area contributed by atoms with E-state index in [1.807, 2.05) is 20.8 Å². The minimum atomic E-state index is -1.00. The molecule has 5 nitrogen and oxygen atoms in total. The number of hydrogen-bond acceptors (Lipinski definition) is 4. The van der Waals surface area contributed by atoms with Crippen LogP contribution < -0.4 is 0 Å². The molecule has 0 aliphatic heterocycles. The second kappa shape index (κ2) is 3.30. The maximum absolute atomic E-state index is 10.8. The predicted octanol–water partition coefficient (Wildman–Crippen LogP) is 2.22. The third-order valence-electron chi connectivity index (χ3n) is 2.29. The van der Waals surface area contributed by atoms with Crippen LogP contribution in [-0.4, -0.2) is 21.2 Å². The number of aromatic nitrogens is 2. The van der Waals surface area contributed by atoms with Crippen molar-refractivity contribution < 1.29 is 14.4 Å². The average Bonchev–Trinajstić information content (AvgIpc) is 2.58. The molecule has 0 unspecified atom stereocenters. The highest BCUT2D eigenvalue weighted by molar-refractivity contribution is 5.92. The van der Waals surface area contributed by atoms with Gasteiger partial charge in [0.15, 0.2) is 0 Å². The number of hydrogen-bond donors (Lipinski definition) is 1. The van der Waals surface area contributed by atoms with Gasteiger partial charge in [-0.1, -0.05) is 25.9 Å². The Kier molecular flexibility index (Phi) is 2.18.